The molecule has 40 heavy (non-hydrogen) atoms. The van der Waals surface area contributed by atoms with Crippen molar-refractivity contribution in [2.24, 2.45) is 4.99 Å². The summed E-state index contributed by atoms with van der Waals surface area (Å²) in [5.74, 6) is -1.72. The highest BCUT2D eigenvalue weighted by atomic mass is 35.5. The van der Waals surface area contributed by atoms with Crippen LogP contribution in [0.1, 0.15) is 69.5 Å². The Hall–Kier alpha value is -3.28. The molecule has 6 nitrogen and oxygen atoms in total. The molecule has 0 bridgehead atoms. The number of nitrogens with one attached hydrogen (secondary N) is 1. The number of hydrogen-bond donors (Lipinski definition) is 1. The van der Waals surface area contributed by atoms with Crippen molar-refractivity contribution in [1.82, 2.24) is 10.2 Å². The van der Waals surface area contributed by atoms with Crippen LogP contribution >= 0.6 is 12.4 Å². The Morgan fingerprint density at radius 2 is 1.82 bits per heavy atom. The number of methoxy groups -OCH3 is 1. The Kier molecular flexibility index (Phi) is 10.8. The van der Waals surface area contributed by atoms with Crippen molar-refractivity contribution < 1.29 is 18.3 Å². The molecule has 1 heterocycles. The molecule has 0 spiro atoms. The maximum atomic E-state index is 14.2. The van der Waals surface area contributed by atoms with E-state index in [1.807, 2.05) is 30.0 Å². The van der Waals surface area contributed by atoms with Gasteiger partial charge in [0.05, 0.1) is 35.9 Å². The highest BCUT2D eigenvalue weighted by Crippen LogP contribution is 2.39. The molecule has 4 rings (SSSR count). The molecule has 2 aromatic carbocycles. The fourth-order valence-corrected chi connectivity index (χ4v) is 5.85. The summed E-state index contributed by atoms with van der Waals surface area (Å²) in [5, 5.41) is 13.6. The summed E-state index contributed by atoms with van der Waals surface area (Å²) in [6.07, 6.45) is 5.28. The van der Waals surface area contributed by atoms with Gasteiger partial charge >= 0.3 is 5.97 Å². The minimum Gasteiger partial charge on any atom is -0.466 e. The lowest BCUT2D eigenvalue weighted by Gasteiger charge is -2.38. The van der Waals surface area contributed by atoms with E-state index in [0.717, 1.165) is 62.8 Å². The summed E-state index contributed by atoms with van der Waals surface area (Å²) in [6.45, 7) is 5.00. The molecule has 9 heteroatoms. The van der Waals surface area contributed by atoms with Gasteiger partial charge in [-0.25, -0.2) is 18.6 Å². The van der Waals surface area contributed by atoms with E-state index in [-0.39, 0.29) is 12.4 Å². The molecule has 0 aromatic heterocycles. The smallest absolute Gasteiger partial charge is 0.338 e. The van der Waals surface area contributed by atoms with Gasteiger partial charge in [0.2, 0.25) is 0 Å². The van der Waals surface area contributed by atoms with E-state index in [9.17, 15) is 18.8 Å². The quantitative estimate of drug-likeness (QED) is 0.279. The number of allylic oxidation sites excluding steroid dienone is 1. The summed E-state index contributed by atoms with van der Waals surface area (Å²) in [7, 11) is 1.30. The molecule has 1 atom stereocenters. The molecular weight excluding hydrogens is 534 g/mol. The van der Waals surface area contributed by atoms with Crippen LogP contribution in [0.4, 0.5) is 8.78 Å². The first-order valence-electron chi connectivity index (χ1n) is 13.6. The molecule has 1 N–H and O–H groups in total. The summed E-state index contributed by atoms with van der Waals surface area (Å²) in [4.78, 5) is 19.2. The number of halogens is 3. The van der Waals surface area contributed by atoms with E-state index in [0.29, 0.717) is 35.3 Å². The van der Waals surface area contributed by atoms with Crippen LogP contribution in [0.2, 0.25) is 0 Å². The largest absolute Gasteiger partial charge is 0.466 e. The van der Waals surface area contributed by atoms with Crippen molar-refractivity contribution in [3.8, 4) is 6.07 Å². The third-order valence-electron chi connectivity index (χ3n) is 8.02. The Labute approximate surface area is 241 Å². The molecular formula is C31H37ClF2N4O2. The van der Waals surface area contributed by atoms with Gasteiger partial charge in [-0.15, -0.1) is 12.4 Å². The number of rotatable bonds is 9. The van der Waals surface area contributed by atoms with E-state index < -0.39 is 29.1 Å². The van der Waals surface area contributed by atoms with E-state index in [4.69, 9.17) is 4.74 Å². The second kappa shape index (κ2) is 13.9. The van der Waals surface area contributed by atoms with Gasteiger partial charge < -0.3 is 15.0 Å². The number of hydrogen-bond acceptors (Lipinski definition) is 6. The van der Waals surface area contributed by atoms with Gasteiger partial charge in [0.1, 0.15) is 5.84 Å². The Bertz CT molecular complexity index is 1280. The fraction of sp³-hybridized carbons (Fsp3) is 0.452. The fourth-order valence-electron chi connectivity index (χ4n) is 5.85. The summed E-state index contributed by atoms with van der Waals surface area (Å²) in [6, 6.07) is 16.2. The van der Waals surface area contributed by atoms with Crippen molar-refractivity contribution in [2.75, 3.05) is 20.2 Å². The normalized spacial score (nSPS) is 22.7. The second-order valence-electron chi connectivity index (χ2n) is 10.4. The maximum Gasteiger partial charge on any atom is 0.338 e. The third-order valence-corrected chi connectivity index (χ3v) is 8.02. The zero-order chi connectivity index (χ0) is 28.0. The standard InChI is InChI=1S/C31H36F2N4O2.ClH/c1-21-28(30(38)39-3)29(23-11-12-26(32)27(33)19-23)37(22(2)36-21)18-8-7-17-35-25-13-15-31(20-34,16-14-25)24-9-5-4-6-10-24;/h4-6,9-12,19,25,29,35H,7-8,13-18H2,1-3H3;1H. The zero-order valence-corrected chi connectivity index (χ0v) is 24.1. The topological polar surface area (TPSA) is 77.7 Å². The predicted molar refractivity (Wildman–Crippen MR) is 154 cm³/mol. The number of nitriles is 1. The highest BCUT2D eigenvalue weighted by molar-refractivity contribution is 5.95. The van der Waals surface area contributed by atoms with E-state index in [1.165, 1.54) is 13.2 Å². The summed E-state index contributed by atoms with van der Waals surface area (Å²) >= 11 is 0. The lowest BCUT2D eigenvalue weighted by molar-refractivity contribution is -0.136. The number of aliphatic imine (C=N–C) groups is 1. The Balaban J connectivity index is 0.00000441. The number of amidine groups is 1. The van der Waals surface area contributed by atoms with E-state index in [2.05, 4.69) is 28.5 Å². The predicted octanol–water partition coefficient (Wildman–Crippen LogP) is 6.38. The Morgan fingerprint density at radius 3 is 2.45 bits per heavy atom. The first kappa shape index (κ1) is 31.3. The van der Waals surface area contributed by atoms with Gasteiger partial charge in [-0.2, -0.15) is 5.26 Å². The van der Waals surface area contributed by atoms with Gasteiger partial charge in [-0.1, -0.05) is 36.4 Å². The van der Waals surface area contributed by atoms with E-state index >= 15 is 0 Å². The first-order valence-corrected chi connectivity index (χ1v) is 13.6. The van der Waals surface area contributed by atoms with Gasteiger partial charge in [0.15, 0.2) is 11.6 Å². The molecule has 0 amide bonds. The minimum absolute atomic E-state index is 0. The second-order valence-corrected chi connectivity index (χ2v) is 10.4. The number of carbonyl (C=O) groups is 1. The number of esters is 1. The minimum atomic E-state index is -0.959. The van der Waals surface area contributed by atoms with Crippen molar-refractivity contribution in [3.63, 3.8) is 0 Å². The van der Waals surface area contributed by atoms with Crippen LogP contribution < -0.4 is 5.32 Å². The van der Waals surface area contributed by atoms with Gasteiger partial charge in [-0.05, 0) is 82.2 Å². The zero-order valence-electron chi connectivity index (χ0n) is 23.3. The van der Waals surface area contributed by atoms with Gasteiger partial charge in [0.25, 0.3) is 0 Å². The van der Waals surface area contributed by atoms with Crippen molar-refractivity contribution in [1.29, 1.82) is 5.26 Å². The molecule has 1 aliphatic carbocycles. The molecule has 2 aromatic rings. The molecule has 0 saturated heterocycles. The van der Waals surface area contributed by atoms with Crippen LogP contribution in [0.25, 0.3) is 0 Å². The van der Waals surface area contributed by atoms with Crippen LogP contribution in [0, 0.1) is 23.0 Å². The van der Waals surface area contributed by atoms with Crippen molar-refractivity contribution in [2.45, 2.75) is 69.9 Å². The number of carbonyl (C=O) groups excluding carboxylic acids is 1. The van der Waals surface area contributed by atoms with Crippen LogP contribution in [-0.4, -0.2) is 42.9 Å². The van der Waals surface area contributed by atoms with Gasteiger partial charge in [-0.3, -0.25) is 0 Å². The third kappa shape index (κ3) is 6.71. The summed E-state index contributed by atoms with van der Waals surface area (Å²) < 4.78 is 32.9. The average Bonchev–Trinajstić information content (AvgIpc) is 2.95. The number of nitrogens with zero attached hydrogens (tertiary/aromatic N) is 3. The van der Waals surface area contributed by atoms with Crippen LogP contribution in [0.5, 0.6) is 0 Å². The maximum absolute atomic E-state index is 14.2. The van der Waals surface area contributed by atoms with Crippen LogP contribution in [0.15, 0.2) is 64.8 Å². The summed E-state index contributed by atoms with van der Waals surface area (Å²) in [5.41, 5.74) is 2.02. The molecule has 1 aliphatic heterocycles. The van der Waals surface area contributed by atoms with Crippen molar-refractivity contribution in [3.05, 3.63) is 82.6 Å². The van der Waals surface area contributed by atoms with Crippen molar-refractivity contribution >= 4 is 24.2 Å². The van der Waals surface area contributed by atoms with Crippen LogP contribution in [-0.2, 0) is 14.9 Å². The molecule has 214 valence electrons. The number of unbranched alkanes of at least 4 members (excludes halogenated alkanes) is 1. The van der Waals surface area contributed by atoms with Gasteiger partial charge in [0, 0.05) is 12.6 Å². The molecule has 2 aliphatic rings. The lowest BCUT2D eigenvalue weighted by atomic mass is 9.69. The molecule has 1 unspecified atom stereocenters. The monoisotopic (exact) mass is 570 g/mol. The number of benzene rings is 2. The molecule has 1 fully saturated rings. The number of ether oxygens (including phenoxy) is 1. The highest BCUT2D eigenvalue weighted by Gasteiger charge is 2.37. The molecule has 1 saturated carbocycles. The lowest BCUT2D eigenvalue weighted by Crippen LogP contribution is -2.41. The first-order chi connectivity index (χ1) is 18.8. The van der Waals surface area contributed by atoms with E-state index in [1.54, 1.807) is 6.92 Å². The van der Waals surface area contributed by atoms with Crippen LogP contribution in [0.3, 0.4) is 0 Å². The molecule has 0 radical (unpaired) electrons. The Morgan fingerprint density at radius 1 is 1.12 bits per heavy atom. The average molecular weight is 571 g/mol. The SMILES string of the molecule is COC(=O)C1=C(C)N=C(C)N(CCCCNC2CCC(C#N)(c3ccccc3)CC2)C1c1ccc(F)c(F)c1.Cl.